The lowest BCUT2D eigenvalue weighted by Crippen LogP contribution is -2.38. The van der Waals surface area contributed by atoms with E-state index in [4.69, 9.17) is 0 Å². The summed E-state index contributed by atoms with van der Waals surface area (Å²) in [6.07, 6.45) is -0.836. The second-order valence-corrected chi connectivity index (χ2v) is 1.82. The van der Waals surface area contributed by atoms with Crippen LogP contribution in [0.5, 0.6) is 0 Å². The molecule has 0 radical (unpaired) electrons. The Labute approximate surface area is 51.9 Å². The Morgan fingerprint density at radius 2 is 2.56 bits per heavy atom. The van der Waals surface area contributed by atoms with Gasteiger partial charge in [-0.3, -0.25) is 10.1 Å². The van der Waals surface area contributed by atoms with Crippen molar-refractivity contribution >= 4 is 0 Å². The highest BCUT2D eigenvalue weighted by atomic mass is 16.6. The maximum Gasteiger partial charge on any atom is 0.343 e. The minimum Gasteiger partial charge on any atom is -0.313 e. The molecule has 5 nitrogen and oxygen atoms in total. The van der Waals surface area contributed by atoms with Crippen molar-refractivity contribution in [2.24, 2.45) is 0 Å². The molecule has 2 N–H and O–H groups in total. The van der Waals surface area contributed by atoms with Gasteiger partial charge in [-0.2, -0.15) is 0 Å². The molecule has 1 rings (SSSR count). The molecular formula is C4H7N3O2. The molecule has 50 valence electrons. The summed E-state index contributed by atoms with van der Waals surface area (Å²) in [4.78, 5) is 9.55. The molecule has 0 spiro atoms. The van der Waals surface area contributed by atoms with Gasteiger partial charge in [0.1, 0.15) is 0 Å². The average Bonchev–Trinajstić information content (AvgIpc) is 2.14. The highest BCUT2D eigenvalue weighted by molar-refractivity contribution is 4.99. The molecule has 0 aromatic heterocycles. The number of nitrogens with one attached hydrogen (secondary N) is 2. The first-order valence-electron chi connectivity index (χ1n) is 2.51. The summed E-state index contributed by atoms with van der Waals surface area (Å²) >= 11 is 0. The zero-order valence-electron chi connectivity index (χ0n) is 4.76. The van der Waals surface area contributed by atoms with Crippen LogP contribution in [0.1, 0.15) is 0 Å². The van der Waals surface area contributed by atoms with Crippen LogP contribution >= 0.6 is 0 Å². The summed E-state index contributed by atoms with van der Waals surface area (Å²) in [6, 6.07) is 0. The number of hydrogen-bond donors (Lipinski definition) is 2. The van der Waals surface area contributed by atoms with Crippen molar-refractivity contribution in [3.63, 3.8) is 0 Å². The van der Waals surface area contributed by atoms with Gasteiger partial charge in [-0.1, -0.05) is 6.58 Å². The largest absolute Gasteiger partial charge is 0.343 e. The number of nitrogens with zero attached hydrogens (tertiary/aromatic N) is 1. The van der Waals surface area contributed by atoms with E-state index in [9.17, 15) is 10.1 Å². The molecule has 0 amide bonds. The van der Waals surface area contributed by atoms with Crippen LogP contribution in [-0.4, -0.2) is 17.8 Å². The number of hydrogen-bond acceptors (Lipinski definition) is 4. The predicted molar refractivity (Wildman–Crippen MR) is 31.1 cm³/mol. The summed E-state index contributed by atoms with van der Waals surface area (Å²) < 4.78 is 0. The Morgan fingerprint density at radius 3 is 2.78 bits per heavy atom. The summed E-state index contributed by atoms with van der Waals surface area (Å²) in [5.74, 6) is 0. The third-order valence-corrected chi connectivity index (χ3v) is 1.06. The highest BCUT2D eigenvalue weighted by Crippen LogP contribution is 1.94. The van der Waals surface area contributed by atoms with Gasteiger partial charge in [0.25, 0.3) is 0 Å². The van der Waals surface area contributed by atoms with E-state index in [0.717, 1.165) is 0 Å². The first-order chi connectivity index (χ1) is 4.20. The van der Waals surface area contributed by atoms with Crippen molar-refractivity contribution in [3.8, 4) is 0 Å². The van der Waals surface area contributed by atoms with E-state index in [-0.39, 0.29) is 0 Å². The van der Waals surface area contributed by atoms with Gasteiger partial charge in [0, 0.05) is 12.2 Å². The van der Waals surface area contributed by atoms with Crippen LogP contribution in [0.4, 0.5) is 0 Å². The fraction of sp³-hybridized carbons (Fsp3) is 0.500. The maximum absolute atomic E-state index is 9.99. The van der Waals surface area contributed by atoms with E-state index in [0.29, 0.717) is 12.2 Å². The summed E-state index contributed by atoms with van der Waals surface area (Å²) in [5, 5.41) is 15.1. The van der Waals surface area contributed by atoms with Crippen LogP contribution in [0, 0.1) is 10.1 Å². The van der Waals surface area contributed by atoms with Gasteiger partial charge in [-0.05, 0) is 0 Å². The number of nitro groups is 1. The fourth-order valence-electron chi connectivity index (χ4n) is 0.643. The Kier molecular flexibility index (Phi) is 1.35. The first-order valence-corrected chi connectivity index (χ1v) is 2.51. The third-order valence-electron chi connectivity index (χ3n) is 1.06. The molecule has 1 fully saturated rings. The van der Waals surface area contributed by atoms with Gasteiger partial charge in [-0.15, -0.1) is 0 Å². The van der Waals surface area contributed by atoms with Crippen molar-refractivity contribution in [1.29, 1.82) is 0 Å². The standard InChI is InChI=1S/C4H7N3O2/c1-3-2-5-4(6-3)7(8)9/h4-6H,1-2H2. The van der Waals surface area contributed by atoms with Crippen LogP contribution in [0.3, 0.4) is 0 Å². The second-order valence-electron chi connectivity index (χ2n) is 1.82. The average molecular weight is 129 g/mol. The van der Waals surface area contributed by atoms with Gasteiger partial charge in [0.05, 0.1) is 4.92 Å². The normalized spacial score (nSPS) is 25.8. The molecule has 0 aromatic rings. The van der Waals surface area contributed by atoms with Crippen LogP contribution in [0.2, 0.25) is 0 Å². The predicted octanol–water partition coefficient (Wildman–Crippen LogP) is -0.747. The lowest BCUT2D eigenvalue weighted by Gasteiger charge is -1.99. The van der Waals surface area contributed by atoms with Gasteiger partial charge >= 0.3 is 6.29 Å². The van der Waals surface area contributed by atoms with Gasteiger partial charge in [0.15, 0.2) is 0 Å². The minimum atomic E-state index is -0.836. The van der Waals surface area contributed by atoms with Crippen molar-refractivity contribution in [2.75, 3.05) is 6.54 Å². The molecule has 1 aliphatic rings. The molecule has 1 atom stereocenters. The monoisotopic (exact) mass is 129 g/mol. The van der Waals surface area contributed by atoms with E-state index in [2.05, 4.69) is 17.2 Å². The zero-order chi connectivity index (χ0) is 6.85. The quantitative estimate of drug-likeness (QED) is 0.361. The maximum atomic E-state index is 9.99. The molecular weight excluding hydrogens is 122 g/mol. The smallest absolute Gasteiger partial charge is 0.313 e. The van der Waals surface area contributed by atoms with E-state index < -0.39 is 11.2 Å². The van der Waals surface area contributed by atoms with Gasteiger partial charge in [0.2, 0.25) is 0 Å². The molecule has 0 aromatic carbocycles. The summed E-state index contributed by atoms with van der Waals surface area (Å²) in [7, 11) is 0. The Bertz CT molecular complexity index is 156. The van der Waals surface area contributed by atoms with E-state index in [1.54, 1.807) is 0 Å². The lowest BCUT2D eigenvalue weighted by molar-refractivity contribution is -0.531. The van der Waals surface area contributed by atoms with Crippen LogP contribution < -0.4 is 10.6 Å². The second kappa shape index (κ2) is 2.02. The molecule has 1 unspecified atom stereocenters. The molecule has 0 saturated carbocycles. The van der Waals surface area contributed by atoms with Gasteiger partial charge < -0.3 is 5.32 Å². The molecule has 5 heteroatoms. The number of rotatable bonds is 1. The van der Waals surface area contributed by atoms with Crippen LogP contribution in [0.25, 0.3) is 0 Å². The topological polar surface area (TPSA) is 67.2 Å². The van der Waals surface area contributed by atoms with E-state index >= 15 is 0 Å². The van der Waals surface area contributed by atoms with Crippen LogP contribution in [-0.2, 0) is 0 Å². The highest BCUT2D eigenvalue weighted by Gasteiger charge is 2.24. The molecule has 0 aliphatic carbocycles. The zero-order valence-corrected chi connectivity index (χ0v) is 4.76. The Balaban J connectivity index is 2.48. The Morgan fingerprint density at radius 1 is 1.89 bits per heavy atom. The SMILES string of the molecule is C=C1CNC([N+](=O)[O-])N1. The molecule has 1 saturated heterocycles. The lowest BCUT2D eigenvalue weighted by atomic mass is 10.5. The van der Waals surface area contributed by atoms with Crippen molar-refractivity contribution in [1.82, 2.24) is 10.6 Å². The van der Waals surface area contributed by atoms with Gasteiger partial charge in [-0.25, -0.2) is 5.32 Å². The first kappa shape index (κ1) is 6.03. The fourth-order valence-corrected chi connectivity index (χ4v) is 0.643. The summed E-state index contributed by atoms with van der Waals surface area (Å²) in [6.45, 7) is 3.99. The van der Waals surface area contributed by atoms with Crippen molar-refractivity contribution in [2.45, 2.75) is 6.29 Å². The molecule has 1 heterocycles. The molecule has 1 aliphatic heterocycles. The molecule has 0 bridgehead atoms. The minimum absolute atomic E-state index is 0.432. The third kappa shape index (κ3) is 1.17. The van der Waals surface area contributed by atoms with E-state index in [1.165, 1.54) is 0 Å². The Hall–Kier alpha value is -1.10. The molecule has 9 heavy (non-hydrogen) atoms. The van der Waals surface area contributed by atoms with E-state index in [1.807, 2.05) is 0 Å². The summed E-state index contributed by atoms with van der Waals surface area (Å²) in [5.41, 5.74) is 0.664. The van der Waals surface area contributed by atoms with Crippen molar-refractivity contribution < 1.29 is 4.92 Å². The van der Waals surface area contributed by atoms with Crippen LogP contribution in [0.15, 0.2) is 12.3 Å². The van der Waals surface area contributed by atoms with Crippen molar-refractivity contribution in [3.05, 3.63) is 22.4 Å².